The van der Waals surface area contributed by atoms with Crippen LogP contribution in [-0.4, -0.2) is 16.1 Å². The molecule has 0 spiro atoms. The van der Waals surface area contributed by atoms with Crippen LogP contribution in [0.4, 0.5) is 17.2 Å². The molecule has 0 atom stereocenters. The summed E-state index contributed by atoms with van der Waals surface area (Å²) >= 11 is 11.9. The number of rotatable bonds is 4. The van der Waals surface area contributed by atoms with E-state index in [0.717, 1.165) is 0 Å². The van der Waals surface area contributed by atoms with Gasteiger partial charge in [0.1, 0.15) is 0 Å². The van der Waals surface area contributed by atoms with Gasteiger partial charge in [-0.15, -0.1) is 10.2 Å². The topological polar surface area (TPSA) is 90.7 Å². The quantitative estimate of drug-likeness (QED) is 0.683. The van der Waals surface area contributed by atoms with E-state index in [0.29, 0.717) is 32.8 Å². The molecule has 2 aromatic carbocycles. The van der Waals surface area contributed by atoms with Crippen molar-refractivity contribution in [2.75, 3.05) is 10.6 Å². The highest BCUT2D eigenvalue weighted by Crippen LogP contribution is 2.24. The molecule has 0 saturated heterocycles. The Balaban J connectivity index is 1.68. The van der Waals surface area contributed by atoms with E-state index in [1.54, 1.807) is 54.6 Å². The second-order valence-electron chi connectivity index (χ2n) is 5.23. The summed E-state index contributed by atoms with van der Waals surface area (Å²) in [5.41, 5.74) is 1.89. The average molecular weight is 384 g/mol. The van der Waals surface area contributed by atoms with Crippen molar-refractivity contribution in [2.24, 2.45) is 0 Å². The van der Waals surface area contributed by atoms with Gasteiger partial charge in [-0.25, -0.2) is 0 Å². The number of anilines is 3. The fourth-order valence-electron chi connectivity index (χ4n) is 2.12. The van der Waals surface area contributed by atoms with Gasteiger partial charge in [-0.1, -0.05) is 23.2 Å². The predicted molar refractivity (Wildman–Crippen MR) is 101 cm³/mol. The van der Waals surface area contributed by atoms with Gasteiger partial charge in [0.15, 0.2) is 11.5 Å². The van der Waals surface area contributed by atoms with Crippen LogP contribution in [0.1, 0.15) is 16.1 Å². The minimum absolute atomic E-state index is 0.157. The number of carbonyl (C=O) groups is 1. The third-order valence-corrected chi connectivity index (χ3v) is 3.74. The standard InChI is InChI=1S/C18H11Cl2N5O/c19-12-7-13(20)9-15(8-12)22-17-6-5-16(24-25-17)18(26)23-14-3-1-11(10-21)2-4-14/h1-9H,(H,22,25)(H,23,26). The second kappa shape index (κ2) is 7.83. The first kappa shape index (κ1) is 17.7. The highest BCUT2D eigenvalue weighted by atomic mass is 35.5. The van der Waals surface area contributed by atoms with Crippen LogP contribution in [-0.2, 0) is 0 Å². The zero-order chi connectivity index (χ0) is 18.5. The molecular weight excluding hydrogens is 373 g/mol. The van der Waals surface area contributed by atoms with Gasteiger partial charge in [0.2, 0.25) is 0 Å². The first-order chi connectivity index (χ1) is 12.5. The van der Waals surface area contributed by atoms with Crippen LogP contribution in [0.25, 0.3) is 0 Å². The van der Waals surface area contributed by atoms with Crippen LogP contribution in [0.5, 0.6) is 0 Å². The van der Waals surface area contributed by atoms with Crippen molar-refractivity contribution < 1.29 is 4.79 Å². The first-order valence-corrected chi connectivity index (χ1v) is 8.17. The molecule has 1 heterocycles. The lowest BCUT2D eigenvalue weighted by Gasteiger charge is -2.07. The Morgan fingerprint density at radius 1 is 0.923 bits per heavy atom. The summed E-state index contributed by atoms with van der Waals surface area (Å²) in [6.07, 6.45) is 0. The third-order valence-electron chi connectivity index (χ3n) is 3.30. The van der Waals surface area contributed by atoms with Gasteiger partial charge in [-0.2, -0.15) is 5.26 Å². The fraction of sp³-hybridized carbons (Fsp3) is 0. The zero-order valence-corrected chi connectivity index (χ0v) is 14.7. The second-order valence-corrected chi connectivity index (χ2v) is 6.10. The molecule has 1 aromatic heterocycles. The largest absolute Gasteiger partial charge is 0.339 e. The maximum atomic E-state index is 12.2. The van der Waals surface area contributed by atoms with Gasteiger partial charge in [0.25, 0.3) is 5.91 Å². The molecule has 2 N–H and O–H groups in total. The van der Waals surface area contributed by atoms with Crippen LogP contribution in [0, 0.1) is 11.3 Å². The van der Waals surface area contributed by atoms with Crippen LogP contribution in [0.2, 0.25) is 10.0 Å². The lowest BCUT2D eigenvalue weighted by atomic mass is 10.2. The van der Waals surface area contributed by atoms with Gasteiger partial charge in [-0.05, 0) is 54.6 Å². The summed E-state index contributed by atoms with van der Waals surface area (Å²) < 4.78 is 0. The summed E-state index contributed by atoms with van der Waals surface area (Å²) in [6.45, 7) is 0. The van der Waals surface area contributed by atoms with Crippen molar-refractivity contribution in [2.45, 2.75) is 0 Å². The normalized spacial score (nSPS) is 10.0. The van der Waals surface area contributed by atoms with Crippen LogP contribution in [0.3, 0.4) is 0 Å². The molecule has 0 radical (unpaired) electrons. The van der Waals surface area contributed by atoms with Crippen molar-refractivity contribution in [3.63, 3.8) is 0 Å². The fourth-order valence-corrected chi connectivity index (χ4v) is 2.64. The Morgan fingerprint density at radius 3 is 2.19 bits per heavy atom. The van der Waals surface area contributed by atoms with Gasteiger partial charge in [0, 0.05) is 21.4 Å². The van der Waals surface area contributed by atoms with E-state index in [1.165, 1.54) is 0 Å². The molecule has 0 bridgehead atoms. The van der Waals surface area contributed by atoms with Crippen molar-refractivity contribution in [1.29, 1.82) is 5.26 Å². The third kappa shape index (κ3) is 4.48. The average Bonchev–Trinajstić information content (AvgIpc) is 2.62. The number of halogens is 2. The summed E-state index contributed by atoms with van der Waals surface area (Å²) in [5.74, 6) is 0.0396. The SMILES string of the molecule is N#Cc1ccc(NC(=O)c2ccc(Nc3cc(Cl)cc(Cl)c3)nn2)cc1. The number of nitriles is 1. The number of nitrogens with zero attached hydrogens (tertiary/aromatic N) is 3. The van der Waals surface area contributed by atoms with Gasteiger partial charge in [-0.3, -0.25) is 4.79 Å². The first-order valence-electron chi connectivity index (χ1n) is 7.42. The van der Waals surface area contributed by atoms with Gasteiger partial charge < -0.3 is 10.6 Å². The molecule has 128 valence electrons. The van der Waals surface area contributed by atoms with Crippen molar-refractivity contribution >= 4 is 46.3 Å². The molecule has 3 aromatic rings. The summed E-state index contributed by atoms with van der Waals surface area (Å²) in [4.78, 5) is 12.2. The lowest BCUT2D eigenvalue weighted by molar-refractivity contribution is 0.102. The number of hydrogen-bond acceptors (Lipinski definition) is 5. The molecule has 0 unspecified atom stereocenters. The van der Waals surface area contributed by atoms with E-state index < -0.39 is 5.91 Å². The number of carbonyl (C=O) groups excluding carboxylic acids is 1. The van der Waals surface area contributed by atoms with E-state index in [4.69, 9.17) is 28.5 Å². The number of amides is 1. The number of hydrogen-bond donors (Lipinski definition) is 2. The van der Waals surface area contributed by atoms with E-state index in [2.05, 4.69) is 20.8 Å². The molecule has 8 heteroatoms. The van der Waals surface area contributed by atoms with E-state index in [-0.39, 0.29) is 5.69 Å². The molecular formula is C18H11Cl2N5O. The summed E-state index contributed by atoms with van der Waals surface area (Å²) in [6, 6.07) is 16.7. The summed E-state index contributed by atoms with van der Waals surface area (Å²) in [5, 5.41) is 23.3. The van der Waals surface area contributed by atoms with Crippen LogP contribution < -0.4 is 10.6 Å². The van der Waals surface area contributed by atoms with Crippen molar-refractivity contribution in [1.82, 2.24) is 10.2 Å². The highest BCUT2D eigenvalue weighted by Gasteiger charge is 2.09. The maximum absolute atomic E-state index is 12.2. The Morgan fingerprint density at radius 2 is 1.62 bits per heavy atom. The molecule has 6 nitrogen and oxygen atoms in total. The Labute approximate surface area is 159 Å². The van der Waals surface area contributed by atoms with Crippen molar-refractivity contribution in [3.8, 4) is 6.07 Å². The highest BCUT2D eigenvalue weighted by molar-refractivity contribution is 6.35. The summed E-state index contributed by atoms with van der Waals surface area (Å²) in [7, 11) is 0. The lowest BCUT2D eigenvalue weighted by Crippen LogP contribution is -2.14. The van der Waals surface area contributed by atoms with Crippen LogP contribution >= 0.6 is 23.2 Å². The number of nitrogens with one attached hydrogen (secondary N) is 2. The molecule has 0 fully saturated rings. The van der Waals surface area contributed by atoms with E-state index in [1.807, 2.05) is 6.07 Å². The maximum Gasteiger partial charge on any atom is 0.276 e. The van der Waals surface area contributed by atoms with Crippen molar-refractivity contribution in [3.05, 3.63) is 75.9 Å². The minimum atomic E-state index is -0.403. The van der Waals surface area contributed by atoms with E-state index in [9.17, 15) is 4.79 Å². The Bertz CT molecular complexity index is 962. The van der Waals surface area contributed by atoms with Gasteiger partial charge >= 0.3 is 0 Å². The monoisotopic (exact) mass is 383 g/mol. The molecule has 0 saturated carbocycles. The van der Waals surface area contributed by atoms with Crippen LogP contribution in [0.15, 0.2) is 54.6 Å². The molecule has 26 heavy (non-hydrogen) atoms. The van der Waals surface area contributed by atoms with Gasteiger partial charge in [0.05, 0.1) is 11.6 Å². The Kier molecular flexibility index (Phi) is 5.32. The molecule has 0 aliphatic heterocycles. The Hall–Kier alpha value is -3.14. The predicted octanol–water partition coefficient (Wildman–Crippen LogP) is 4.65. The smallest absolute Gasteiger partial charge is 0.276 e. The molecule has 3 rings (SSSR count). The number of aromatic nitrogens is 2. The molecule has 0 aliphatic rings. The van der Waals surface area contributed by atoms with E-state index >= 15 is 0 Å². The molecule has 1 amide bonds. The zero-order valence-electron chi connectivity index (χ0n) is 13.2. The molecule has 0 aliphatic carbocycles. The minimum Gasteiger partial charge on any atom is -0.339 e. The number of benzene rings is 2.